The molecule has 2 N–H and O–H groups in total. The van der Waals surface area contributed by atoms with Crippen LogP contribution in [0, 0.1) is 13.8 Å². The number of aromatic nitrogens is 1. The first kappa shape index (κ1) is 24.7. The van der Waals surface area contributed by atoms with Gasteiger partial charge in [-0.25, -0.2) is 4.79 Å². The van der Waals surface area contributed by atoms with Crippen molar-refractivity contribution in [2.75, 3.05) is 33.3 Å². The Hall–Kier alpha value is -4.40. The molecule has 0 saturated carbocycles. The second kappa shape index (κ2) is 10.1. The molecule has 3 aromatic carbocycles. The van der Waals surface area contributed by atoms with Gasteiger partial charge in [-0.15, -0.1) is 0 Å². The number of rotatable bonds is 7. The minimum atomic E-state index is -0.761. The van der Waals surface area contributed by atoms with E-state index >= 15 is 0 Å². The van der Waals surface area contributed by atoms with Crippen LogP contribution in [0.2, 0.25) is 0 Å². The number of amides is 1. The highest BCUT2D eigenvalue weighted by atomic mass is 16.7. The number of carbonyl (C=O) groups is 2. The molecule has 9 nitrogen and oxygen atoms in total. The Morgan fingerprint density at radius 1 is 0.944 bits per heavy atom. The van der Waals surface area contributed by atoms with Crippen molar-refractivity contribution in [2.24, 2.45) is 0 Å². The summed E-state index contributed by atoms with van der Waals surface area (Å²) < 4.78 is 26.3. The van der Waals surface area contributed by atoms with E-state index in [1.54, 1.807) is 31.2 Å². The van der Waals surface area contributed by atoms with Crippen LogP contribution in [0.4, 0.5) is 10.5 Å². The monoisotopic (exact) mass is 492 g/mol. The van der Waals surface area contributed by atoms with Crippen molar-refractivity contribution >= 4 is 39.6 Å². The molecule has 0 bridgehead atoms. The zero-order valence-corrected chi connectivity index (χ0v) is 21.0. The molecule has 0 aliphatic rings. The molecule has 1 aromatic heterocycles. The van der Waals surface area contributed by atoms with Crippen molar-refractivity contribution in [1.29, 1.82) is 0 Å². The molecule has 0 saturated heterocycles. The first-order valence-electron chi connectivity index (χ1n) is 11.3. The topological polar surface area (TPSA) is 108 Å². The van der Waals surface area contributed by atoms with Gasteiger partial charge in [0.25, 0.3) is 5.91 Å². The molecule has 0 fully saturated rings. The van der Waals surface area contributed by atoms with E-state index in [9.17, 15) is 9.59 Å². The van der Waals surface area contributed by atoms with E-state index < -0.39 is 6.16 Å². The maximum absolute atomic E-state index is 13.2. The van der Waals surface area contributed by atoms with E-state index in [0.717, 1.165) is 32.9 Å². The summed E-state index contributed by atoms with van der Waals surface area (Å²) in [6.45, 7) is 5.83. The van der Waals surface area contributed by atoms with Crippen molar-refractivity contribution in [3.8, 4) is 23.0 Å². The Labute approximate surface area is 208 Å². The van der Waals surface area contributed by atoms with Crippen LogP contribution in [0.1, 0.15) is 28.4 Å². The van der Waals surface area contributed by atoms with Gasteiger partial charge in [0.1, 0.15) is 5.75 Å². The molecule has 9 heteroatoms. The zero-order chi connectivity index (χ0) is 26.0. The average Bonchev–Trinajstić information content (AvgIpc) is 3.25. The fourth-order valence-electron chi connectivity index (χ4n) is 4.23. The number of benzene rings is 3. The predicted octanol–water partition coefficient (Wildman–Crippen LogP) is 5.75. The summed E-state index contributed by atoms with van der Waals surface area (Å²) in [6.07, 6.45) is -0.761. The first-order chi connectivity index (χ1) is 17.3. The van der Waals surface area contributed by atoms with Gasteiger partial charge in [-0.2, -0.15) is 0 Å². The number of anilines is 1. The molecule has 1 heterocycles. The fourth-order valence-corrected chi connectivity index (χ4v) is 4.23. The number of aryl methyl sites for hydroxylation is 2. The van der Waals surface area contributed by atoms with Crippen molar-refractivity contribution in [2.45, 2.75) is 20.8 Å². The Bertz CT molecular complexity index is 1450. The van der Waals surface area contributed by atoms with Crippen molar-refractivity contribution in [1.82, 2.24) is 4.98 Å². The lowest BCUT2D eigenvalue weighted by Gasteiger charge is -2.15. The zero-order valence-electron chi connectivity index (χ0n) is 21.0. The van der Waals surface area contributed by atoms with Crippen molar-refractivity contribution < 1.29 is 33.3 Å². The molecule has 4 aromatic rings. The molecule has 0 aliphatic carbocycles. The van der Waals surface area contributed by atoms with Crippen LogP contribution in [0.5, 0.6) is 23.0 Å². The van der Waals surface area contributed by atoms with Gasteiger partial charge in [0.2, 0.25) is 5.75 Å². The molecule has 0 aliphatic heterocycles. The summed E-state index contributed by atoms with van der Waals surface area (Å²) in [5, 5.41) is 4.78. The average molecular weight is 493 g/mol. The summed E-state index contributed by atoms with van der Waals surface area (Å²) in [5.41, 5.74) is 4.61. The van der Waals surface area contributed by atoms with Gasteiger partial charge < -0.3 is 34.0 Å². The Morgan fingerprint density at radius 2 is 1.64 bits per heavy atom. The molecule has 4 rings (SSSR count). The highest BCUT2D eigenvalue weighted by Crippen LogP contribution is 2.39. The van der Waals surface area contributed by atoms with Crippen LogP contribution in [-0.2, 0) is 4.74 Å². The number of methoxy groups -OCH3 is 3. The van der Waals surface area contributed by atoms with E-state index in [1.807, 2.05) is 26.0 Å². The third-order valence-corrected chi connectivity index (χ3v) is 5.94. The number of hydrogen-bond donors (Lipinski definition) is 2. The van der Waals surface area contributed by atoms with Crippen LogP contribution < -0.4 is 24.3 Å². The molecule has 0 spiro atoms. The lowest BCUT2D eigenvalue weighted by atomic mass is 10.0. The third kappa shape index (κ3) is 4.47. The maximum atomic E-state index is 13.2. The fraction of sp³-hybridized carbons (Fsp3) is 0.259. The van der Waals surface area contributed by atoms with E-state index in [2.05, 4.69) is 10.3 Å². The molecule has 0 unspecified atom stereocenters. The normalized spacial score (nSPS) is 10.8. The van der Waals surface area contributed by atoms with Crippen LogP contribution in [0.3, 0.4) is 0 Å². The van der Waals surface area contributed by atoms with E-state index in [1.165, 1.54) is 21.3 Å². The number of ether oxygens (including phenoxy) is 5. The molecule has 0 atom stereocenters. The summed E-state index contributed by atoms with van der Waals surface area (Å²) in [5.74, 6) is 1.21. The minimum Gasteiger partial charge on any atom is -0.493 e. The second-order valence-corrected chi connectivity index (χ2v) is 8.10. The Morgan fingerprint density at radius 3 is 2.25 bits per heavy atom. The summed E-state index contributed by atoms with van der Waals surface area (Å²) >= 11 is 0. The predicted molar refractivity (Wildman–Crippen MR) is 137 cm³/mol. The number of H-pyrrole nitrogens is 1. The largest absolute Gasteiger partial charge is 0.513 e. The summed E-state index contributed by atoms with van der Waals surface area (Å²) in [7, 11) is 4.50. The number of carbonyl (C=O) groups excluding carboxylic acids is 2. The molecule has 0 radical (unpaired) electrons. The van der Waals surface area contributed by atoms with Crippen LogP contribution in [0.15, 0.2) is 36.4 Å². The minimum absolute atomic E-state index is 0.224. The highest BCUT2D eigenvalue weighted by Gasteiger charge is 2.20. The van der Waals surface area contributed by atoms with Gasteiger partial charge in [0.05, 0.1) is 27.9 Å². The highest BCUT2D eigenvalue weighted by molar-refractivity contribution is 6.14. The Kier molecular flexibility index (Phi) is 6.91. The molecule has 36 heavy (non-hydrogen) atoms. The van der Waals surface area contributed by atoms with Crippen molar-refractivity contribution in [3.63, 3.8) is 0 Å². The van der Waals surface area contributed by atoms with Gasteiger partial charge in [-0.05, 0) is 68.3 Å². The van der Waals surface area contributed by atoms with Crippen molar-refractivity contribution in [3.05, 3.63) is 53.1 Å². The molecule has 188 valence electrons. The first-order valence-corrected chi connectivity index (χ1v) is 11.3. The summed E-state index contributed by atoms with van der Waals surface area (Å²) in [6, 6.07) is 10.4. The quantitative estimate of drug-likeness (QED) is 0.250. The second-order valence-electron chi connectivity index (χ2n) is 8.10. The maximum Gasteiger partial charge on any atom is 0.513 e. The number of aromatic amines is 1. The number of fused-ring (bicyclic) bond motifs is 3. The number of nitrogens with one attached hydrogen (secondary N) is 2. The third-order valence-electron chi connectivity index (χ3n) is 5.94. The molecular formula is C27H28N2O7. The smallest absolute Gasteiger partial charge is 0.493 e. The number of hydrogen-bond acceptors (Lipinski definition) is 7. The van der Waals surface area contributed by atoms with Gasteiger partial charge in [0.15, 0.2) is 11.5 Å². The van der Waals surface area contributed by atoms with Crippen LogP contribution in [0.25, 0.3) is 21.8 Å². The Balaban J connectivity index is 1.75. The lowest BCUT2D eigenvalue weighted by Crippen LogP contribution is -2.14. The standard InChI is InChI=1S/C27H28N2O7/c1-7-35-27(31)36-17-8-9-19-18(13-17)23-15(3)20(10-14(2)24(23)28-19)29-26(30)16-11-21(32-4)25(34-6)22(12-16)33-5/h8-13,28H,7H2,1-6H3,(H,29,30). The van der Waals surface area contributed by atoms with Crippen LogP contribution in [-0.4, -0.2) is 45.0 Å². The van der Waals surface area contributed by atoms with Gasteiger partial charge in [-0.1, -0.05) is 0 Å². The van der Waals surface area contributed by atoms with Gasteiger partial charge in [-0.3, -0.25) is 4.79 Å². The van der Waals surface area contributed by atoms with Crippen LogP contribution >= 0.6 is 0 Å². The molecule has 1 amide bonds. The summed E-state index contributed by atoms with van der Waals surface area (Å²) in [4.78, 5) is 28.5. The van der Waals surface area contributed by atoms with E-state index in [-0.39, 0.29) is 12.5 Å². The van der Waals surface area contributed by atoms with Gasteiger partial charge in [0, 0.05) is 33.1 Å². The molecular weight excluding hydrogens is 464 g/mol. The lowest BCUT2D eigenvalue weighted by molar-refractivity contribution is 0.102. The van der Waals surface area contributed by atoms with E-state index in [4.69, 9.17) is 23.7 Å². The van der Waals surface area contributed by atoms with E-state index in [0.29, 0.717) is 34.2 Å². The van der Waals surface area contributed by atoms with Gasteiger partial charge >= 0.3 is 6.16 Å². The SMILES string of the molecule is CCOC(=O)Oc1ccc2[nH]c3c(C)cc(NC(=O)c4cc(OC)c(OC)c(OC)c4)c(C)c3c2c1.